The van der Waals surface area contributed by atoms with Crippen LogP contribution in [0.5, 0.6) is 0 Å². The highest BCUT2D eigenvalue weighted by Crippen LogP contribution is 2.45. The Hall–Kier alpha value is -2.46. The highest BCUT2D eigenvalue weighted by atomic mass is 32.2. The van der Waals surface area contributed by atoms with Crippen molar-refractivity contribution in [3.8, 4) is 6.07 Å². The van der Waals surface area contributed by atoms with Crippen LogP contribution in [-0.4, -0.2) is 35.2 Å². The summed E-state index contributed by atoms with van der Waals surface area (Å²) in [4.78, 5) is 26.4. The molecule has 2 rings (SSSR count). The van der Waals surface area contributed by atoms with E-state index in [9.17, 15) is 14.9 Å². The molecular formula is C18H22N4O2S. The Morgan fingerprint density at radius 1 is 1.28 bits per heavy atom. The molecule has 0 radical (unpaired) electrons. The van der Waals surface area contributed by atoms with Crippen molar-refractivity contribution in [1.29, 1.82) is 5.26 Å². The molecule has 132 valence electrons. The second-order valence-corrected chi connectivity index (χ2v) is 6.97. The Balaban J connectivity index is 2.27. The van der Waals surface area contributed by atoms with Gasteiger partial charge >= 0.3 is 6.03 Å². The van der Waals surface area contributed by atoms with Crippen molar-refractivity contribution >= 4 is 23.7 Å². The minimum Gasteiger partial charge on any atom is -0.393 e. The van der Waals surface area contributed by atoms with Gasteiger partial charge in [-0.15, -0.1) is 0 Å². The molecule has 3 N–H and O–H groups in total. The topological polar surface area (TPSA) is 99.2 Å². The maximum absolute atomic E-state index is 12.7. The van der Waals surface area contributed by atoms with Gasteiger partial charge in [-0.1, -0.05) is 41.6 Å². The molecule has 1 aromatic rings. The van der Waals surface area contributed by atoms with Gasteiger partial charge in [-0.05, 0) is 26.3 Å². The van der Waals surface area contributed by atoms with Gasteiger partial charge in [-0.2, -0.15) is 5.26 Å². The number of hydrogen-bond acceptors (Lipinski definition) is 5. The average Bonchev–Trinajstić information content (AvgIpc) is 2.93. The third kappa shape index (κ3) is 3.97. The Bertz CT molecular complexity index is 732. The summed E-state index contributed by atoms with van der Waals surface area (Å²) >= 11 is 1.13. The molecule has 0 aliphatic carbocycles. The predicted molar refractivity (Wildman–Crippen MR) is 98.6 cm³/mol. The summed E-state index contributed by atoms with van der Waals surface area (Å²) in [6.07, 6.45) is 0. The van der Waals surface area contributed by atoms with Gasteiger partial charge in [-0.3, -0.25) is 10.1 Å². The van der Waals surface area contributed by atoms with Crippen LogP contribution in [0.25, 0.3) is 0 Å². The molecule has 1 aliphatic heterocycles. The van der Waals surface area contributed by atoms with E-state index < -0.39 is 23.1 Å². The molecule has 6 nitrogen and oxygen atoms in total. The van der Waals surface area contributed by atoms with Gasteiger partial charge in [0.15, 0.2) is 0 Å². The number of imide groups is 1. The van der Waals surface area contributed by atoms with Crippen molar-refractivity contribution in [2.75, 3.05) is 13.1 Å². The van der Waals surface area contributed by atoms with Gasteiger partial charge in [0.25, 0.3) is 0 Å². The molecule has 3 amide bonds. The lowest BCUT2D eigenvalue weighted by atomic mass is 9.88. The van der Waals surface area contributed by atoms with E-state index in [1.54, 1.807) is 0 Å². The minimum atomic E-state index is -0.642. The first kappa shape index (κ1) is 18.9. The number of thioether (sulfide) groups is 1. The van der Waals surface area contributed by atoms with E-state index in [1.807, 2.05) is 45.0 Å². The molecule has 0 unspecified atom stereocenters. The molecule has 25 heavy (non-hydrogen) atoms. The number of benzene rings is 1. The van der Waals surface area contributed by atoms with Crippen molar-refractivity contribution in [2.24, 2.45) is 5.73 Å². The second kappa shape index (κ2) is 8.08. The number of carbonyl (C=O) groups excluding carboxylic acids is 2. The predicted octanol–water partition coefficient (Wildman–Crippen LogP) is 2.47. The number of allylic oxidation sites excluding steroid dienone is 1. The lowest BCUT2D eigenvalue weighted by Crippen LogP contribution is -2.46. The van der Waals surface area contributed by atoms with Crippen molar-refractivity contribution in [3.63, 3.8) is 0 Å². The normalized spacial score (nSPS) is 19.4. The fourth-order valence-corrected chi connectivity index (χ4v) is 3.95. The van der Waals surface area contributed by atoms with E-state index in [-0.39, 0.29) is 0 Å². The number of urea groups is 1. The Morgan fingerprint density at radius 2 is 1.88 bits per heavy atom. The minimum absolute atomic E-state index is 0.337. The summed E-state index contributed by atoms with van der Waals surface area (Å²) < 4.78 is 0. The molecule has 0 saturated carbocycles. The molecule has 1 aliphatic rings. The molecule has 0 bridgehead atoms. The maximum atomic E-state index is 12.7. The van der Waals surface area contributed by atoms with Crippen LogP contribution in [-0.2, 0) is 4.79 Å². The molecule has 7 heteroatoms. The number of nitrogens with two attached hydrogens (primary N) is 1. The number of hydrogen-bond donors (Lipinski definition) is 2. The molecule has 0 saturated heterocycles. The van der Waals surface area contributed by atoms with Crippen LogP contribution < -0.4 is 11.1 Å². The van der Waals surface area contributed by atoms with Gasteiger partial charge in [-0.25, -0.2) is 4.79 Å². The zero-order valence-electron chi connectivity index (χ0n) is 14.6. The van der Waals surface area contributed by atoms with Crippen LogP contribution in [0, 0.1) is 18.3 Å². The molecule has 0 fully saturated rings. The lowest BCUT2D eigenvalue weighted by molar-refractivity contribution is -0.119. The number of nitriles is 1. The van der Waals surface area contributed by atoms with Gasteiger partial charge < -0.3 is 10.6 Å². The van der Waals surface area contributed by atoms with Crippen molar-refractivity contribution in [3.05, 3.63) is 46.0 Å². The van der Waals surface area contributed by atoms with E-state index in [1.165, 1.54) is 4.90 Å². The summed E-state index contributed by atoms with van der Waals surface area (Å²) in [5, 5.41) is 11.6. The monoisotopic (exact) mass is 358 g/mol. The fourth-order valence-electron chi connectivity index (χ4n) is 2.78. The third-order valence-electron chi connectivity index (χ3n) is 4.23. The summed E-state index contributed by atoms with van der Waals surface area (Å²) in [6, 6.07) is 9.33. The number of aryl methyl sites for hydroxylation is 1. The van der Waals surface area contributed by atoms with Crippen molar-refractivity contribution in [1.82, 2.24) is 10.2 Å². The van der Waals surface area contributed by atoms with Crippen molar-refractivity contribution in [2.45, 2.75) is 31.9 Å². The van der Waals surface area contributed by atoms with Crippen LogP contribution in [0.15, 0.2) is 34.9 Å². The summed E-state index contributed by atoms with van der Waals surface area (Å²) in [5.41, 5.74) is 8.27. The summed E-state index contributed by atoms with van der Waals surface area (Å²) in [6.45, 7) is 6.69. The highest BCUT2D eigenvalue weighted by molar-refractivity contribution is 8.04. The molecule has 1 aromatic carbocycles. The number of amides is 3. The molecule has 0 aromatic heterocycles. The number of nitrogens with one attached hydrogen (secondary N) is 1. The maximum Gasteiger partial charge on any atom is 0.324 e. The van der Waals surface area contributed by atoms with Crippen LogP contribution in [0.4, 0.5) is 4.79 Å². The number of carbonyl (C=O) groups is 2. The number of nitrogens with zero attached hydrogens (tertiary/aromatic N) is 2. The first-order chi connectivity index (χ1) is 11.9. The number of rotatable bonds is 4. The van der Waals surface area contributed by atoms with E-state index in [0.29, 0.717) is 23.7 Å². The van der Waals surface area contributed by atoms with Crippen LogP contribution in [0.2, 0.25) is 0 Å². The zero-order valence-corrected chi connectivity index (χ0v) is 15.4. The van der Waals surface area contributed by atoms with Gasteiger partial charge in [0.05, 0.1) is 16.7 Å². The average molecular weight is 358 g/mol. The van der Waals surface area contributed by atoms with Crippen LogP contribution in [0.3, 0.4) is 0 Å². The molecule has 0 spiro atoms. The molecule has 2 atom stereocenters. The van der Waals surface area contributed by atoms with Crippen molar-refractivity contribution < 1.29 is 9.59 Å². The second-order valence-electron chi connectivity index (χ2n) is 5.78. The van der Waals surface area contributed by atoms with E-state index in [2.05, 4.69) is 11.4 Å². The lowest BCUT2D eigenvalue weighted by Gasteiger charge is -2.22. The van der Waals surface area contributed by atoms with Crippen LogP contribution >= 0.6 is 11.8 Å². The zero-order chi connectivity index (χ0) is 18.6. The standard InChI is InChI=1S/C18H22N4O2S/c1-4-22(5-2)18(24)21-17(23)15-14(13(10-19)16(20)25-15)12-8-6-11(3)7-9-12/h6-9,14-15H,4-5,20H2,1-3H3,(H,21,23,24)/t14-,15-/m1/s1. The van der Waals surface area contributed by atoms with E-state index in [4.69, 9.17) is 5.73 Å². The smallest absolute Gasteiger partial charge is 0.324 e. The largest absolute Gasteiger partial charge is 0.393 e. The third-order valence-corrected chi connectivity index (χ3v) is 5.44. The first-order valence-corrected chi connectivity index (χ1v) is 9.03. The first-order valence-electron chi connectivity index (χ1n) is 8.15. The van der Waals surface area contributed by atoms with E-state index >= 15 is 0 Å². The SMILES string of the molecule is CCN(CC)C(=O)NC(=O)[C@@H]1SC(N)=C(C#N)[C@H]1c1ccc(C)cc1. The Labute approximate surface area is 152 Å². The van der Waals surface area contributed by atoms with Gasteiger partial charge in [0, 0.05) is 19.0 Å². The molecule has 1 heterocycles. The summed E-state index contributed by atoms with van der Waals surface area (Å²) in [5.74, 6) is -0.888. The Morgan fingerprint density at radius 3 is 2.40 bits per heavy atom. The van der Waals surface area contributed by atoms with Crippen LogP contribution in [0.1, 0.15) is 30.9 Å². The van der Waals surface area contributed by atoms with E-state index in [0.717, 1.165) is 22.9 Å². The van der Waals surface area contributed by atoms with Gasteiger partial charge in [0.1, 0.15) is 5.25 Å². The summed E-state index contributed by atoms with van der Waals surface area (Å²) in [7, 11) is 0. The Kier molecular flexibility index (Phi) is 6.10. The fraction of sp³-hybridized carbons (Fsp3) is 0.389. The quantitative estimate of drug-likeness (QED) is 0.861. The van der Waals surface area contributed by atoms with Gasteiger partial charge in [0.2, 0.25) is 5.91 Å². The molecular weight excluding hydrogens is 336 g/mol. The highest BCUT2D eigenvalue weighted by Gasteiger charge is 2.41.